The van der Waals surface area contributed by atoms with Crippen molar-refractivity contribution in [2.75, 3.05) is 0 Å². The van der Waals surface area contributed by atoms with Crippen LogP contribution in [0.5, 0.6) is 5.75 Å². The number of carbonyl (C=O) groups excluding carboxylic acids is 1. The van der Waals surface area contributed by atoms with Gasteiger partial charge in [-0.2, -0.15) is 0 Å². The van der Waals surface area contributed by atoms with Gasteiger partial charge in [-0.3, -0.25) is 14.6 Å². The van der Waals surface area contributed by atoms with Crippen LogP contribution in [-0.4, -0.2) is 15.3 Å². The van der Waals surface area contributed by atoms with E-state index >= 15 is 0 Å². The summed E-state index contributed by atoms with van der Waals surface area (Å²) in [6.45, 7) is 0.318. The molecule has 0 atom stereocenters. The Morgan fingerprint density at radius 1 is 1.14 bits per heavy atom. The van der Waals surface area contributed by atoms with Crippen LogP contribution in [0.15, 0.2) is 53.6 Å². The van der Waals surface area contributed by atoms with Gasteiger partial charge < -0.3 is 9.30 Å². The van der Waals surface area contributed by atoms with E-state index in [1.807, 2.05) is 24.3 Å². The zero-order valence-electron chi connectivity index (χ0n) is 15.4. The number of carbonyl (C=O) groups is 1. The first-order valence-electron chi connectivity index (χ1n) is 9.08. The average molecular weight is 395 g/mol. The van der Waals surface area contributed by atoms with Crippen molar-refractivity contribution in [1.29, 1.82) is 0 Å². The van der Waals surface area contributed by atoms with Crippen LogP contribution in [0.4, 0.5) is 0 Å². The van der Waals surface area contributed by atoms with Crippen LogP contribution < -0.4 is 10.3 Å². The highest BCUT2D eigenvalue weighted by molar-refractivity contribution is 6.30. The minimum Gasteiger partial charge on any atom is -0.487 e. The fourth-order valence-corrected chi connectivity index (χ4v) is 3.70. The molecular weight excluding hydrogens is 376 g/mol. The van der Waals surface area contributed by atoms with Gasteiger partial charge in [0, 0.05) is 37.8 Å². The summed E-state index contributed by atoms with van der Waals surface area (Å²) in [7, 11) is 1.67. The second-order valence-electron chi connectivity index (χ2n) is 6.93. The molecule has 4 rings (SSSR count). The summed E-state index contributed by atoms with van der Waals surface area (Å²) in [5, 5.41) is 0.170. The van der Waals surface area contributed by atoms with Crippen LogP contribution >= 0.6 is 11.6 Å². The molecule has 28 heavy (non-hydrogen) atoms. The molecule has 0 aliphatic heterocycles. The number of Topliss-reactive ketones (excluding diaryl/α,β-unsaturated/α-hetero) is 1. The number of rotatable bonds is 4. The number of hydrogen-bond donors (Lipinski definition) is 0. The highest BCUT2D eigenvalue weighted by Gasteiger charge is 2.21. The standard InChI is InChI=1S/C22H19ClN2O3/c1-25-12-16(9-20(23)22(25)27)15-8-14-5-6-18(26)11-19(14)21(10-15)28-13-17-4-2-3-7-24-17/h2-4,7-10,12H,5-6,11,13H2,1H3. The Morgan fingerprint density at radius 2 is 2.00 bits per heavy atom. The Labute approximate surface area is 167 Å². The van der Waals surface area contributed by atoms with Crippen molar-refractivity contribution in [1.82, 2.24) is 9.55 Å². The van der Waals surface area contributed by atoms with Crippen molar-refractivity contribution in [3.63, 3.8) is 0 Å². The number of hydrogen-bond acceptors (Lipinski definition) is 4. The first kappa shape index (κ1) is 18.4. The minimum atomic E-state index is -0.236. The SMILES string of the molecule is Cn1cc(-c2cc3c(c(OCc4ccccn4)c2)CC(=O)CC3)cc(Cl)c1=O. The number of aryl methyl sites for hydroxylation is 2. The number of ether oxygens (including phenoxy) is 1. The summed E-state index contributed by atoms with van der Waals surface area (Å²) in [4.78, 5) is 28.2. The third-order valence-corrected chi connectivity index (χ3v) is 5.19. The van der Waals surface area contributed by atoms with Gasteiger partial charge in [0.05, 0.1) is 5.69 Å². The van der Waals surface area contributed by atoms with Gasteiger partial charge in [-0.1, -0.05) is 23.7 Å². The van der Waals surface area contributed by atoms with Gasteiger partial charge in [-0.25, -0.2) is 0 Å². The first-order valence-corrected chi connectivity index (χ1v) is 9.46. The van der Waals surface area contributed by atoms with E-state index in [0.29, 0.717) is 31.6 Å². The molecule has 0 bridgehead atoms. The van der Waals surface area contributed by atoms with Gasteiger partial charge in [0.25, 0.3) is 5.56 Å². The molecule has 1 aromatic carbocycles. The Hall–Kier alpha value is -2.92. The number of fused-ring (bicyclic) bond motifs is 1. The van der Waals surface area contributed by atoms with Gasteiger partial charge >= 0.3 is 0 Å². The van der Waals surface area contributed by atoms with E-state index < -0.39 is 0 Å². The van der Waals surface area contributed by atoms with Crippen LogP contribution in [-0.2, 0) is 31.3 Å². The fraction of sp³-hybridized carbons (Fsp3) is 0.227. The molecule has 5 nitrogen and oxygen atoms in total. The molecule has 0 N–H and O–H groups in total. The van der Waals surface area contributed by atoms with Crippen LogP contribution in [0.2, 0.25) is 5.02 Å². The maximum atomic E-state index is 12.0. The molecule has 2 heterocycles. The summed E-state index contributed by atoms with van der Waals surface area (Å²) < 4.78 is 7.54. The Morgan fingerprint density at radius 3 is 2.75 bits per heavy atom. The third-order valence-electron chi connectivity index (χ3n) is 4.92. The van der Waals surface area contributed by atoms with Crippen LogP contribution in [0, 0.1) is 0 Å². The van der Waals surface area contributed by atoms with Crippen LogP contribution in [0.1, 0.15) is 23.2 Å². The highest BCUT2D eigenvalue weighted by Crippen LogP contribution is 2.35. The van der Waals surface area contributed by atoms with Gasteiger partial charge in [-0.05, 0) is 47.4 Å². The van der Waals surface area contributed by atoms with Crippen molar-refractivity contribution in [3.8, 4) is 16.9 Å². The lowest BCUT2D eigenvalue weighted by Crippen LogP contribution is -2.17. The quantitative estimate of drug-likeness (QED) is 0.676. The number of halogens is 1. The number of nitrogens with zero attached hydrogens (tertiary/aromatic N) is 2. The predicted molar refractivity (Wildman–Crippen MR) is 108 cm³/mol. The van der Waals surface area contributed by atoms with Gasteiger partial charge in [0.2, 0.25) is 0 Å². The molecule has 0 radical (unpaired) electrons. The lowest BCUT2D eigenvalue weighted by Gasteiger charge is -2.21. The monoisotopic (exact) mass is 394 g/mol. The minimum absolute atomic E-state index is 0.170. The van der Waals surface area contributed by atoms with Crippen molar-refractivity contribution >= 4 is 17.4 Å². The molecule has 1 aliphatic rings. The maximum absolute atomic E-state index is 12.0. The third kappa shape index (κ3) is 3.71. The molecule has 6 heteroatoms. The van der Waals surface area contributed by atoms with Crippen molar-refractivity contribution in [3.05, 3.63) is 81.0 Å². The lowest BCUT2D eigenvalue weighted by molar-refractivity contribution is -0.118. The number of pyridine rings is 2. The second-order valence-corrected chi connectivity index (χ2v) is 7.34. The molecule has 142 valence electrons. The number of ketones is 1. The van der Waals surface area contributed by atoms with E-state index in [1.165, 1.54) is 4.57 Å². The molecule has 1 aliphatic carbocycles. The average Bonchev–Trinajstić information content (AvgIpc) is 2.70. The topological polar surface area (TPSA) is 61.2 Å². The van der Waals surface area contributed by atoms with E-state index in [1.54, 1.807) is 25.5 Å². The summed E-state index contributed by atoms with van der Waals surface area (Å²) in [5.41, 5.74) is 4.34. The zero-order chi connectivity index (χ0) is 19.7. The summed E-state index contributed by atoms with van der Waals surface area (Å²) in [5.74, 6) is 0.893. The molecule has 2 aromatic heterocycles. The van der Waals surface area contributed by atoms with E-state index in [2.05, 4.69) is 11.1 Å². The molecule has 0 saturated heterocycles. The van der Waals surface area contributed by atoms with E-state index in [0.717, 1.165) is 27.9 Å². The van der Waals surface area contributed by atoms with Crippen molar-refractivity contribution in [2.24, 2.45) is 7.05 Å². The Kier molecular flexibility index (Phi) is 5.01. The van der Waals surface area contributed by atoms with Crippen LogP contribution in [0.25, 0.3) is 11.1 Å². The Bertz CT molecular complexity index is 1080. The molecule has 0 spiro atoms. The number of benzene rings is 1. The van der Waals surface area contributed by atoms with Crippen LogP contribution in [0.3, 0.4) is 0 Å². The zero-order valence-corrected chi connectivity index (χ0v) is 16.2. The van der Waals surface area contributed by atoms with Gasteiger partial charge in [0.1, 0.15) is 23.2 Å². The van der Waals surface area contributed by atoms with E-state index in [-0.39, 0.29) is 16.4 Å². The summed E-state index contributed by atoms with van der Waals surface area (Å²) in [6, 6.07) is 11.3. The summed E-state index contributed by atoms with van der Waals surface area (Å²) in [6.07, 6.45) is 5.07. The van der Waals surface area contributed by atoms with E-state index in [9.17, 15) is 9.59 Å². The largest absolute Gasteiger partial charge is 0.487 e. The van der Waals surface area contributed by atoms with E-state index in [4.69, 9.17) is 16.3 Å². The van der Waals surface area contributed by atoms with Crippen molar-refractivity contribution in [2.45, 2.75) is 25.9 Å². The maximum Gasteiger partial charge on any atom is 0.269 e. The van der Waals surface area contributed by atoms with Gasteiger partial charge in [-0.15, -0.1) is 0 Å². The lowest BCUT2D eigenvalue weighted by atomic mass is 9.87. The first-order chi connectivity index (χ1) is 13.5. The molecule has 0 amide bonds. The normalized spacial score (nSPS) is 13.3. The predicted octanol–water partition coefficient (Wildman–Crippen LogP) is 3.74. The molecule has 0 unspecified atom stereocenters. The summed E-state index contributed by atoms with van der Waals surface area (Å²) >= 11 is 6.09. The fourth-order valence-electron chi connectivity index (χ4n) is 3.45. The molecule has 3 aromatic rings. The molecular formula is C22H19ClN2O3. The molecule has 0 saturated carbocycles. The highest BCUT2D eigenvalue weighted by atomic mass is 35.5. The number of aromatic nitrogens is 2. The second kappa shape index (κ2) is 7.60. The smallest absolute Gasteiger partial charge is 0.269 e. The Balaban J connectivity index is 1.76. The van der Waals surface area contributed by atoms with Gasteiger partial charge in [0.15, 0.2) is 0 Å². The van der Waals surface area contributed by atoms with Crippen molar-refractivity contribution < 1.29 is 9.53 Å². The molecule has 0 fully saturated rings.